The SMILES string of the molecule is Cc1nn(C)c(=O)c(C(=O)OCC(=O)NCc2ccccc2OC(F)(F)F)c1C. The van der Waals surface area contributed by atoms with Gasteiger partial charge in [-0.1, -0.05) is 18.2 Å². The van der Waals surface area contributed by atoms with Gasteiger partial charge in [0.2, 0.25) is 0 Å². The van der Waals surface area contributed by atoms with Crippen LogP contribution >= 0.6 is 0 Å². The summed E-state index contributed by atoms with van der Waals surface area (Å²) in [5.74, 6) is -2.21. The molecular formula is C18H18F3N3O5. The summed E-state index contributed by atoms with van der Waals surface area (Å²) in [5, 5.41) is 6.26. The zero-order chi connectivity index (χ0) is 21.8. The summed E-state index contributed by atoms with van der Waals surface area (Å²) in [6.45, 7) is 2.14. The number of amides is 1. The van der Waals surface area contributed by atoms with Crippen LogP contribution < -0.4 is 15.6 Å². The van der Waals surface area contributed by atoms with Gasteiger partial charge in [-0.05, 0) is 25.5 Å². The topological polar surface area (TPSA) is 99.5 Å². The summed E-state index contributed by atoms with van der Waals surface area (Å²) in [4.78, 5) is 36.2. The second-order valence-corrected chi connectivity index (χ2v) is 6.02. The molecule has 0 fully saturated rings. The Morgan fingerprint density at radius 1 is 1.21 bits per heavy atom. The van der Waals surface area contributed by atoms with Crippen LogP contribution in [-0.4, -0.2) is 34.6 Å². The van der Waals surface area contributed by atoms with Gasteiger partial charge in [-0.25, -0.2) is 9.48 Å². The summed E-state index contributed by atoms with van der Waals surface area (Å²) in [6.07, 6.45) is -4.87. The third kappa shape index (κ3) is 5.80. The highest BCUT2D eigenvalue weighted by Crippen LogP contribution is 2.26. The Kier molecular flexibility index (Phi) is 6.62. The summed E-state index contributed by atoms with van der Waals surface area (Å²) in [7, 11) is 1.37. The molecule has 0 spiro atoms. The van der Waals surface area contributed by atoms with Crippen molar-refractivity contribution >= 4 is 11.9 Å². The highest BCUT2D eigenvalue weighted by molar-refractivity contribution is 5.92. The van der Waals surface area contributed by atoms with Crippen LogP contribution in [0.1, 0.15) is 27.2 Å². The molecule has 2 rings (SSSR count). The fourth-order valence-corrected chi connectivity index (χ4v) is 2.41. The van der Waals surface area contributed by atoms with Crippen molar-refractivity contribution in [2.45, 2.75) is 26.8 Å². The first-order valence-electron chi connectivity index (χ1n) is 8.31. The van der Waals surface area contributed by atoms with E-state index in [4.69, 9.17) is 4.74 Å². The van der Waals surface area contributed by atoms with Crippen LogP contribution in [-0.2, 0) is 23.1 Å². The molecule has 0 aliphatic heterocycles. The lowest BCUT2D eigenvalue weighted by atomic mass is 10.1. The van der Waals surface area contributed by atoms with E-state index in [1.165, 1.54) is 32.2 Å². The van der Waals surface area contributed by atoms with Gasteiger partial charge in [-0.15, -0.1) is 13.2 Å². The molecule has 11 heteroatoms. The third-order valence-electron chi connectivity index (χ3n) is 3.94. The number of aryl methyl sites for hydroxylation is 2. The van der Waals surface area contributed by atoms with E-state index in [9.17, 15) is 27.6 Å². The van der Waals surface area contributed by atoms with Crippen molar-refractivity contribution in [2.75, 3.05) is 6.61 Å². The fourth-order valence-electron chi connectivity index (χ4n) is 2.41. The standard InChI is InChI=1S/C18H18F3N3O5/c1-10-11(2)23-24(3)16(26)15(10)17(27)28-9-14(25)22-8-12-6-4-5-7-13(12)29-18(19,20)21/h4-7H,8-9H2,1-3H3,(H,22,25). The fraction of sp³-hybridized carbons (Fsp3) is 0.333. The number of hydrogen-bond donors (Lipinski definition) is 1. The van der Waals surface area contributed by atoms with Crippen LogP contribution in [0.15, 0.2) is 29.1 Å². The Bertz CT molecular complexity index is 986. The molecule has 8 nitrogen and oxygen atoms in total. The molecule has 0 bridgehead atoms. The number of rotatable bonds is 6. The highest BCUT2D eigenvalue weighted by Gasteiger charge is 2.32. The molecule has 2 aromatic rings. The maximum absolute atomic E-state index is 12.4. The number of nitrogens with one attached hydrogen (secondary N) is 1. The smallest absolute Gasteiger partial charge is 0.452 e. The van der Waals surface area contributed by atoms with Gasteiger partial charge in [-0.3, -0.25) is 9.59 Å². The van der Waals surface area contributed by atoms with E-state index in [2.05, 4.69) is 15.2 Å². The van der Waals surface area contributed by atoms with Crippen LogP contribution in [0.3, 0.4) is 0 Å². The van der Waals surface area contributed by atoms with E-state index >= 15 is 0 Å². The van der Waals surface area contributed by atoms with Crippen molar-refractivity contribution < 1.29 is 32.2 Å². The van der Waals surface area contributed by atoms with E-state index in [1.54, 1.807) is 6.92 Å². The van der Waals surface area contributed by atoms with Gasteiger partial charge >= 0.3 is 12.3 Å². The van der Waals surface area contributed by atoms with E-state index in [0.29, 0.717) is 11.3 Å². The van der Waals surface area contributed by atoms with Crippen LogP contribution in [0.5, 0.6) is 5.75 Å². The molecule has 29 heavy (non-hydrogen) atoms. The lowest BCUT2D eigenvalue weighted by Gasteiger charge is -2.14. The van der Waals surface area contributed by atoms with Crippen molar-refractivity contribution in [1.82, 2.24) is 15.1 Å². The van der Waals surface area contributed by atoms with Crippen LogP contribution in [0.25, 0.3) is 0 Å². The van der Waals surface area contributed by atoms with Crippen molar-refractivity contribution in [3.63, 3.8) is 0 Å². The Balaban J connectivity index is 1.99. The number of para-hydroxylation sites is 1. The molecule has 1 N–H and O–H groups in total. The van der Waals surface area contributed by atoms with Crippen LogP contribution in [0.2, 0.25) is 0 Å². The van der Waals surface area contributed by atoms with Gasteiger partial charge in [0.15, 0.2) is 6.61 Å². The second kappa shape index (κ2) is 8.76. The maximum atomic E-state index is 12.4. The summed E-state index contributed by atoms with van der Waals surface area (Å²) in [6, 6.07) is 5.29. The molecule has 0 aliphatic rings. The van der Waals surface area contributed by atoms with Crippen LogP contribution in [0.4, 0.5) is 13.2 Å². The maximum Gasteiger partial charge on any atom is 0.573 e. The number of carbonyl (C=O) groups is 2. The number of halogens is 3. The van der Waals surface area contributed by atoms with Gasteiger partial charge in [0.25, 0.3) is 11.5 Å². The zero-order valence-electron chi connectivity index (χ0n) is 15.8. The molecule has 0 saturated heterocycles. The molecule has 1 aromatic heterocycles. The Morgan fingerprint density at radius 2 is 1.86 bits per heavy atom. The molecule has 0 radical (unpaired) electrons. The van der Waals surface area contributed by atoms with Crippen molar-refractivity contribution in [1.29, 1.82) is 0 Å². The number of esters is 1. The summed E-state index contributed by atoms with van der Waals surface area (Å²) >= 11 is 0. The molecule has 0 saturated carbocycles. The van der Waals surface area contributed by atoms with Gasteiger partial charge in [0, 0.05) is 19.2 Å². The molecule has 1 heterocycles. The number of hydrogen-bond acceptors (Lipinski definition) is 6. The van der Waals surface area contributed by atoms with Crippen molar-refractivity contribution in [2.24, 2.45) is 7.05 Å². The van der Waals surface area contributed by atoms with E-state index in [0.717, 1.165) is 10.7 Å². The lowest BCUT2D eigenvalue weighted by molar-refractivity contribution is -0.274. The zero-order valence-corrected chi connectivity index (χ0v) is 15.8. The first kappa shape index (κ1) is 21.9. The molecule has 0 unspecified atom stereocenters. The Morgan fingerprint density at radius 3 is 2.52 bits per heavy atom. The molecule has 1 aromatic carbocycles. The largest absolute Gasteiger partial charge is 0.573 e. The molecule has 1 amide bonds. The molecule has 0 atom stereocenters. The minimum absolute atomic E-state index is 0.0824. The lowest BCUT2D eigenvalue weighted by Crippen LogP contribution is -2.33. The summed E-state index contributed by atoms with van der Waals surface area (Å²) < 4.78 is 47.0. The van der Waals surface area contributed by atoms with Gasteiger partial charge < -0.3 is 14.8 Å². The number of benzene rings is 1. The van der Waals surface area contributed by atoms with E-state index in [-0.39, 0.29) is 17.7 Å². The minimum atomic E-state index is -4.87. The summed E-state index contributed by atoms with van der Waals surface area (Å²) in [5.41, 5.74) is -0.0473. The first-order valence-corrected chi connectivity index (χ1v) is 8.31. The number of aromatic nitrogens is 2. The quantitative estimate of drug-likeness (QED) is 0.725. The number of ether oxygens (including phenoxy) is 2. The van der Waals surface area contributed by atoms with Crippen LogP contribution in [0, 0.1) is 13.8 Å². The predicted molar refractivity (Wildman–Crippen MR) is 94.2 cm³/mol. The minimum Gasteiger partial charge on any atom is -0.452 e. The van der Waals surface area contributed by atoms with E-state index < -0.39 is 36.2 Å². The molecule has 156 valence electrons. The Hall–Kier alpha value is -3.37. The van der Waals surface area contributed by atoms with Crippen molar-refractivity contribution in [3.8, 4) is 5.75 Å². The molecular weight excluding hydrogens is 395 g/mol. The van der Waals surface area contributed by atoms with E-state index in [1.807, 2.05) is 0 Å². The normalized spacial score (nSPS) is 11.1. The molecule has 0 aliphatic carbocycles. The van der Waals surface area contributed by atoms with Gasteiger partial charge in [-0.2, -0.15) is 5.10 Å². The average molecular weight is 413 g/mol. The monoisotopic (exact) mass is 413 g/mol. The second-order valence-electron chi connectivity index (χ2n) is 6.02. The predicted octanol–water partition coefficient (Wildman–Crippen LogP) is 1.77. The number of carbonyl (C=O) groups excluding carboxylic acids is 2. The third-order valence-corrected chi connectivity index (χ3v) is 3.94. The van der Waals surface area contributed by atoms with Crippen molar-refractivity contribution in [3.05, 3.63) is 57.0 Å². The van der Waals surface area contributed by atoms with Gasteiger partial charge in [0.1, 0.15) is 11.3 Å². The highest BCUT2D eigenvalue weighted by atomic mass is 19.4. The number of nitrogens with zero attached hydrogens (tertiary/aromatic N) is 2. The van der Waals surface area contributed by atoms with Gasteiger partial charge in [0.05, 0.1) is 5.69 Å². The number of alkyl halides is 3. The average Bonchev–Trinajstić information content (AvgIpc) is 2.63. The Labute approximate surface area is 163 Å². The first-order chi connectivity index (χ1) is 13.5.